The number of epoxide rings is 1. The Bertz CT molecular complexity index is 232. The van der Waals surface area contributed by atoms with Crippen LogP contribution in [0.2, 0.25) is 0 Å². The van der Waals surface area contributed by atoms with E-state index in [0.717, 1.165) is 19.3 Å². The number of ether oxygens (including phenoxy) is 2. The molecule has 1 saturated heterocycles. The maximum Gasteiger partial charge on any atom is 0.341 e. The molecule has 2 fully saturated rings. The van der Waals surface area contributed by atoms with Gasteiger partial charge in [-0.15, -0.1) is 0 Å². The predicted octanol–water partition coefficient (Wildman–Crippen LogP) is 1.65. The molecule has 0 bridgehead atoms. The third kappa shape index (κ3) is 1.10. The van der Waals surface area contributed by atoms with Crippen molar-refractivity contribution in [3.63, 3.8) is 0 Å². The number of hydrogen-bond acceptors (Lipinski definition) is 3. The molecule has 13 heavy (non-hydrogen) atoms. The molecule has 3 heteroatoms. The molecule has 2 rings (SSSR count). The van der Waals surface area contributed by atoms with E-state index in [2.05, 4.69) is 0 Å². The fourth-order valence-electron chi connectivity index (χ4n) is 2.00. The van der Waals surface area contributed by atoms with E-state index in [1.807, 2.05) is 13.8 Å². The second-order valence-electron chi connectivity index (χ2n) is 4.12. The molecule has 0 aromatic rings. The van der Waals surface area contributed by atoms with Crippen LogP contribution in [-0.4, -0.2) is 23.8 Å². The van der Waals surface area contributed by atoms with Crippen molar-refractivity contribution in [2.24, 2.45) is 0 Å². The van der Waals surface area contributed by atoms with Crippen molar-refractivity contribution in [2.75, 3.05) is 6.61 Å². The van der Waals surface area contributed by atoms with Crippen molar-refractivity contribution >= 4 is 5.97 Å². The smallest absolute Gasteiger partial charge is 0.341 e. The number of carbonyl (C=O) groups is 1. The van der Waals surface area contributed by atoms with Gasteiger partial charge in [0.2, 0.25) is 0 Å². The van der Waals surface area contributed by atoms with Crippen molar-refractivity contribution in [3.8, 4) is 0 Å². The molecular formula is C10H16O3. The van der Waals surface area contributed by atoms with E-state index in [-0.39, 0.29) is 11.6 Å². The highest BCUT2D eigenvalue weighted by Crippen LogP contribution is 2.60. The Labute approximate surface area is 78.4 Å². The highest BCUT2D eigenvalue weighted by molar-refractivity contribution is 5.84. The van der Waals surface area contributed by atoms with Crippen LogP contribution in [0.5, 0.6) is 0 Å². The molecule has 3 nitrogen and oxygen atoms in total. The van der Waals surface area contributed by atoms with Crippen molar-refractivity contribution in [1.82, 2.24) is 0 Å². The molecule has 0 N–H and O–H groups in total. The van der Waals surface area contributed by atoms with E-state index in [0.29, 0.717) is 6.61 Å². The van der Waals surface area contributed by atoms with Gasteiger partial charge in [-0.3, -0.25) is 0 Å². The number of rotatable bonds is 3. The molecule has 0 aromatic carbocycles. The predicted molar refractivity (Wildman–Crippen MR) is 47.3 cm³/mol. The summed E-state index contributed by atoms with van der Waals surface area (Å²) < 4.78 is 10.6. The summed E-state index contributed by atoms with van der Waals surface area (Å²) in [5, 5.41) is 0. The lowest BCUT2D eigenvalue weighted by molar-refractivity contribution is -0.149. The van der Waals surface area contributed by atoms with Gasteiger partial charge in [0.25, 0.3) is 0 Å². The van der Waals surface area contributed by atoms with E-state index in [1.165, 1.54) is 6.42 Å². The summed E-state index contributed by atoms with van der Waals surface area (Å²) in [5.41, 5.74) is -0.738. The van der Waals surface area contributed by atoms with Gasteiger partial charge >= 0.3 is 5.97 Å². The Kier molecular flexibility index (Phi) is 1.88. The van der Waals surface area contributed by atoms with Crippen LogP contribution < -0.4 is 0 Å². The molecule has 1 atom stereocenters. The van der Waals surface area contributed by atoms with Gasteiger partial charge in [0.15, 0.2) is 5.60 Å². The summed E-state index contributed by atoms with van der Waals surface area (Å²) in [4.78, 5) is 11.5. The van der Waals surface area contributed by atoms with Crippen LogP contribution in [0.3, 0.4) is 0 Å². The quantitative estimate of drug-likeness (QED) is 0.494. The first-order valence-electron chi connectivity index (χ1n) is 5.02. The van der Waals surface area contributed by atoms with Crippen molar-refractivity contribution in [1.29, 1.82) is 0 Å². The zero-order chi connectivity index (χ0) is 9.53. The summed E-state index contributed by atoms with van der Waals surface area (Å²) in [7, 11) is 0. The van der Waals surface area contributed by atoms with Crippen molar-refractivity contribution in [2.45, 2.75) is 50.7 Å². The lowest BCUT2D eigenvalue weighted by Gasteiger charge is -2.24. The maximum atomic E-state index is 11.5. The molecule has 0 aromatic heterocycles. The number of carbonyl (C=O) groups excluding carboxylic acids is 1. The van der Waals surface area contributed by atoms with Gasteiger partial charge in [-0.1, -0.05) is 6.92 Å². The second kappa shape index (κ2) is 2.71. The van der Waals surface area contributed by atoms with Crippen LogP contribution in [0.15, 0.2) is 0 Å². The van der Waals surface area contributed by atoms with Gasteiger partial charge < -0.3 is 9.47 Å². The molecule has 1 spiro atoms. The molecule has 1 aliphatic heterocycles. The minimum absolute atomic E-state index is 0.127. The van der Waals surface area contributed by atoms with Crippen LogP contribution in [0, 0.1) is 0 Å². The minimum Gasteiger partial charge on any atom is -0.463 e. The summed E-state index contributed by atoms with van der Waals surface area (Å²) in [5.74, 6) is -0.172. The Morgan fingerprint density at radius 2 is 2.23 bits per heavy atom. The van der Waals surface area contributed by atoms with Crippen LogP contribution in [-0.2, 0) is 14.3 Å². The van der Waals surface area contributed by atoms with Gasteiger partial charge in [0.1, 0.15) is 5.60 Å². The number of esters is 1. The SMILES string of the molecule is CCCOC(=O)C1(C)OC12CCC2. The van der Waals surface area contributed by atoms with E-state index in [9.17, 15) is 4.79 Å². The number of hydrogen-bond donors (Lipinski definition) is 0. The molecule has 2 aliphatic rings. The van der Waals surface area contributed by atoms with Crippen LogP contribution in [0.25, 0.3) is 0 Å². The highest BCUT2D eigenvalue weighted by Gasteiger charge is 2.74. The van der Waals surface area contributed by atoms with Gasteiger partial charge in [-0.2, -0.15) is 0 Å². The molecular weight excluding hydrogens is 168 g/mol. The largest absolute Gasteiger partial charge is 0.463 e. The second-order valence-corrected chi connectivity index (χ2v) is 4.12. The zero-order valence-corrected chi connectivity index (χ0v) is 8.26. The standard InChI is InChI=1S/C10H16O3/c1-3-7-12-8(11)9(2)10(13-9)5-4-6-10/h3-7H2,1-2H3. The molecule has 74 valence electrons. The topological polar surface area (TPSA) is 38.8 Å². The maximum absolute atomic E-state index is 11.5. The molecule has 1 saturated carbocycles. The van der Waals surface area contributed by atoms with Crippen LogP contribution in [0.1, 0.15) is 39.5 Å². The molecule has 1 unspecified atom stereocenters. The monoisotopic (exact) mass is 184 g/mol. The fourth-order valence-corrected chi connectivity index (χ4v) is 2.00. The van der Waals surface area contributed by atoms with E-state index in [4.69, 9.17) is 9.47 Å². The molecule has 0 radical (unpaired) electrons. The molecule has 1 heterocycles. The van der Waals surface area contributed by atoms with Gasteiger partial charge in [0.05, 0.1) is 6.61 Å². The molecule has 0 amide bonds. The van der Waals surface area contributed by atoms with Crippen LogP contribution in [0.4, 0.5) is 0 Å². The van der Waals surface area contributed by atoms with E-state index < -0.39 is 5.60 Å². The van der Waals surface area contributed by atoms with E-state index >= 15 is 0 Å². The van der Waals surface area contributed by atoms with Gasteiger partial charge in [-0.05, 0) is 32.6 Å². The Hall–Kier alpha value is -0.570. The zero-order valence-electron chi connectivity index (χ0n) is 8.26. The average molecular weight is 184 g/mol. The summed E-state index contributed by atoms with van der Waals surface area (Å²) in [6.45, 7) is 4.35. The minimum atomic E-state index is -0.611. The average Bonchev–Trinajstić information content (AvgIpc) is 2.69. The van der Waals surface area contributed by atoms with E-state index in [1.54, 1.807) is 0 Å². The fraction of sp³-hybridized carbons (Fsp3) is 0.900. The first-order valence-corrected chi connectivity index (χ1v) is 5.02. The third-order valence-electron chi connectivity index (χ3n) is 3.22. The van der Waals surface area contributed by atoms with Gasteiger partial charge in [0, 0.05) is 0 Å². The highest BCUT2D eigenvalue weighted by atomic mass is 16.7. The normalized spacial score (nSPS) is 34.0. The Morgan fingerprint density at radius 1 is 1.54 bits per heavy atom. The first-order chi connectivity index (χ1) is 6.15. The van der Waals surface area contributed by atoms with Crippen molar-refractivity contribution in [3.05, 3.63) is 0 Å². The lowest BCUT2D eigenvalue weighted by Crippen LogP contribution is -2.37. The van der Waals surface area contributed by atoms with Crippen molar-refractivity contribution < 1.29 is 14.3 Å². The van der Waals surface area contributed by atoms with Crippen LogP contribution >= 0.6 is 0 Å². The Balaban J connectivity index is 1.90. The summed E-state index contributed by atoms with van der Waals surface area (Å²) >= 11 is 0. The Morgan fingerprint density at radius 3 is 2.62 bits per heavy atom. The molecule has 1 aliphatic carbocycles. The lowest BCUT2D eigenvalue weighted by atomic mass is 9.76. The first kappa shape index (κ1) is 9.00. The third-order valence-corrected chi connectivity index (χ3v) is 3.22. The summed E-state index contributed by atoms with van der Waals surface area (Å²) in [6.07, 6.45) is 4.08. The van der Waals surface area contributed by atoms with Gasteiger partial charge in [-0.25, -0.2) is 4.79 Å². The summed E-state index contributed by atoms with van der Waals surface area (Å²) in [6, 6.07) is 0.